The number of fused-ring (bicyclic) bond motifs is 1. The van der Waals surface area contributed by atoms with Crippen molar-refractivity contribution in [1.82, 2.24) is 9.88 Å². The second kappa shape index (κ2) is 9.38. The van der Waals surface area contributed by atoms with E-state index in [1.54, 1.807) is 37.3 Å². The lowest BCUT2D eigenvalue weighted by Gasteiger charge is -2.44. The normalized spacial score (nSPS) is 20.2. The fourth-order valence-electron chi connectivity index (χ4n) is 3.66. The van der Waals surface area contributed by atoms with E-state index in [1.807, 2.05) is 0 Å². The van der Waals surface area contributed by atoms with Crippen LogP contribution in [0.3, 0.4) is 0 Å². The van der Waals surface area contributed by atoms with Crippen molar-refractivity contribution in [2.24, 2.45) is 5.92 Å². The number of non-ortho nitro benzene ring substituents is 1. The number of thioether (sulfide) groups is 1. The number of nitro benzene ring substituents is 1. The molecule has 170 valence electrons. The van der Waals surface area contributed by atoms with Crippen LogP contribution in [0.15, 0.2) is 59.3 Å². The number of β-lactam (4-membered cyclic amide) rings is 1. The van der Waals surface area contributed by atoms with Crippen LogP contribution in [-0.4, -0.2) is 48.1 Å². The monoisotopic (exact) mass is 485 g/mol. The van der Waals surface area contributed by atoms with Gasteiger partial charge in [0.15, 0.2) is 5.78 Å². The Kier molecular flexibility index (Phi) is 6.54. The molecule has 1 aromatic heterocycles. The van der Waals surface area contributed by atoms with Gasteiger partial charge in [-0.25, -0.2) is 0 Å². The molecule has 0 bridgehead atoms. The molecule has 0 aliphatic carbocycles. The van der Waals surface area contributed by atoms with Gasteiger partial charge in [0.25, 0.3) is 5.69 Å². The molecule has 2 aromatic rings. The highest BCUT2D eigenvalue weighted by atomic mass is 32.2. The topological polar surface area (TPSA) is 123 Å². The number of nitrogens with zero attached hydrogens (tertiary/aromatic N) is 3. The van der Waals surface area contributed by atoms with Gasteiger partial charge in [-0.15, -0.1) is 11.8 Å². The van der Waals surface area contributed by atoms with Crippen molar-refractivity contribution in [3.05, 3.63) is 80.6 Å². The fourth-order valence-corrected chi connectivity index (χ4v) is 5.62. The van der Waals surface area contributed by atoms with Crippen molar-refractivity contribution in [3.63, 3.8) is 0 Å². The molecule has 1 aromatic carbocycles. The average Bonchev–Trinajstić information content (AvgIpc) is 3.11. The highest BCUT2D eigenvalue weighted by Gasteiger charge is 2.57. The maximum Gasteiger partial charge on any atom is 0.269 e. The minimum absolute atomic E-state index is 0.00907. The number of hydrogen-bond acceptors (Lipinski definition) is 9. The molecule has 0 unspecified atom stereocenters. The largest absolute Gasteiger partial charge is 0.477 e. The zero-order chi connectivity index (χ0) is 23.7. The van der Waals surface area contributed by atoms with Crippen LogP contribution in [0.1, 0.15) is 29.4 Å². The number of aliphatic hydroxyl groups excluding tert-OH is 1. The van der Waals surface area contributed by atoms with Crippen LogP contribution < -0.4 is 0 Å². The van der Waals surface area contributed by atoms with Gasteiger partial charge in [-0.2, -0.15) is 0 Å². The van der Waals surface area contributed by atoms with Gasteiger partial charge in [0.05, 0.1) is 16.9 Å². The van der Waals surface area contributed by atoms with Crippen LogP contribution in [-0.2, 0) is 16.1 Å². The second-order valence-electron chi connectivity index (χ2n) is 7.57. The number of amides is 1. The van der Waals surface area contributed by atoms with Crippen molar-refractivity contribution in [1.29, 1.82) is 0 Å². The van der Waals surface area contributed by atoms with E-state index in [-0.39, 0.29) is 40.8 Å². The highest BCUT2D eigenvalue weighted by Crippen LogP contribution is 2.51. The average molecular weight is 486 g/mol. The summed E-state index contributed by atoms with van der Waals surface area (Å²) >= 11 is 6.78. The smallest absolute Gasteiger partial charge is 0.269 e. The predicted octanol–water partition coefficient (Wildman–Crippen LogP) is 3.23. The number of hydrogen-bond donors (Lipinski definition) is 1. The number of carbonyl (C=O) groups excluding carboxylic acids is 2. The number of nitro groups is 1. The van der Waals surface area contributed by atoms with E-state index in [2.05, 4.69) is 4.98 Å². The van der Waals surface area contributed by atoms with Gasteiger partial charge in [0, 0.05) is 29.7 Å². The maximum absolute atomic E-state index is 12.8. The molecular formula is C22H19N3O6S2. The number of aliphatic hydroxyl groups is 1. The first-order valence-electron chi connectivity index (χ1n) is 10.0. The van der Waals surface area contributed by atoms with E-state index in [0.29, 0.717) is 21.9 Å². The fraction of sp³-hybridized carbons (Fsp3) is 0.273. The quantitative estimate of drug-likeness (QED) is 0.197. The summed E-state index contributed by atoms with van der Waals surface area (Å²) in [6.07, 6.45) is 0.681. The minimum atomic E-state index is -0.840. The van der Waals surface area contributed by atoms with E-state index in [0.717, 1.165) is 0 Å². The van der Waals surface area contributed by atoms with Crippen LogP contribution in [0.4, 0.5) is 5.69 Å². The van der Waals surface area contributed by atoms with E-state index >= 15 is 0 Å². The summed E-state index contributed by atoms with van der Waals surface area (Å²) in [6, 6.07) is 10.9. The lowest BCUT2D eigenvalue weighted by Crippen LogP contribution is -2.60. The molecule has 11 heteroatoms. The molecule has 1 N–H and O–H groups in total. The number of rotatable bonds is 8. The van der Waals surface area contributed by atoms with E-state index in [1.165, 1.54) is 35.0 Å². The molecule has 2 aliphatic rings. The van der Waals surface area contributed by atoms with Crippen LogP contribution in [0.2, 0.25) is 0 Å². The summed E-state index contributed by atoms with van der Waals surface area (Å²) in [7, 11) is 0. The Morgan fingerprint density at radius 1 is 1.33 bits per heavy atom. The summed E-state index contributed by atoms with van der Waals surface area (Å²) in [5, 5.41) is 20.5. The van der Waals surface area contributed by atoms with Gasteiger partial charge < -0.3 is 9.84 Å². The predicted molar refractivity (Wildman–Crippen MR) is 124 cm³/mol. The molecule has 3 heterocycles. The number of ketones is 1. The maximum atomic E-state index is 12.8. The van der Waals surface area contributed by atoms with Crippen molar-refractivity contribution in [2.45, 2.75) is 31.4 Å². The second-order valence-corrected chi connectivity index (χ2v) is 9.15. The van der Waals surface area contributed by atoms with Gasteiger partial charge in [0.1, 0.15) is 23.4 Å². The van der Waals surface area contributed by atoms with Crippen molar-refractivity contribution in [3.8, 4) is 0 Å². The van der Waals surface area contributed by atoms with Crippen molar-refractivity contribution >= 4 is 46.4 Å². The zero-order valence-electron chi connectivity index (χ0n) is 17.4. The Balaban J connectivity index is 1.54. The van der Waals surface area contributed by atoms with Gasteiger partial charge in [-0.05, 0) is 49.0 Å². The number of ether oxygens (including phenoxy) is 1. The Hall–Kier alpha value is -3.15. The first-order valence-corrected chi connectivity index (χ1v) is 11.3. The Labute approximate surface area is 198 Å². The summed E-state index contributed by atoms with van der Waals surface area (Å²) < 4.78 is 5.73. The molecule has 33 heavy (non-hydrogen) atoms. The number of thiocarbonyl (C=S) groups is 1. The molecule has 1 fully saturated rings. The third kappa shape index (κ3) is 4.52. The number of Topliss-reactive ketones (excluding diaryl/α,β-unsaturated/α-hetero) is 1. The molecule has 9 nitrogen and oxygen atoms in total. The first kappa shape index (κ1) is 23.0. The van der Waals surface area contributed by atoms with Crippen LogP contribution in [0.5, 0.6) is 0 Å². The molecule has 0 saturated carbocycles. The van der Waals surface area contributed by atoms with Gasteiger partial charge in [-0.1, -0.05) is 6.07 Å². The van der Waals surface area contributed by atoms with E-state index < -0.39 is 16.9 Å². The van der Waals surface area contributed by atoms with Crippen molar-refractivity contribution in [2.75, 3.05) is 0 Å². The standard InChI is InChI=1S/C22H19N3O6S2/c1-12(26)18-20(28)24-19(22(32)31-11-13-5-7-14(8-6-13)25(29)30)17(33-21(18)24)10-16(27)15-4-2-3-9-23-15/h2-9,12,18,21,26H,10-11H2,1H3/t12-,18+,21+/m0/s1. The number of pyridine rings is 1. The summed E-state index contributed by atoms with van der Waals surface area (Å²) in [5.74, 6) is -1.10. The summed E-state index contributed by atoms with van der Waals surface area (Å²) in [5.41, 5.74) is 1.28. The number of benzene rings is 1. The molecule has 1 saturated heterocycles. The minimum Gasteiger partial charge on any atom is -0.477 e. The Morgan fingerprint density at radius 3 is 2.67 bits per heavy atom. The van der Waals surface area contributed by atoms with Gasteiger partial charge in [-0.3, -0.25) is 29.6 Å². The Morgan fingerprint density at radius 2 is 2.06 bits per heavy atom. The molecule has 0 radical (unpaired) electrons. The molecule has 3 atom stereocenters. The lowest BCUT2D eigenvalue weighted by atomic mass is 9.92. The van der Waals surface area contributed by atoms with Crippen LogP contribution in [0, 0.1) is 16.0 Å². The highest BCUT2D eigenvalue weighted by molar-refractivity contribution is 8.04. The van der Waals surface area contributed by atoms with Crippen LogP contribution >= 0.6 is 24.0 Å². The molecular weight excluding hydrogens is 466 g/mol. The first-order chi connectivity index (χ1) is 15.8. The van der Waals surface area contributed by atoms with E-state index in [9.17, 15) is 24.8 Å². The molecule has 1 amide bonds. The number of carbonyl (C=O) groups is 2. The number of allylic oxidation sites excluding steroid dienone is 1. The van der Waals surface area contributed by atoms with Gasteiger partial charge in [0.2, 0.25) is 11.0 Å². The molecule has 4 rings (SSSR count). The SMILES string of the molecule is C[C@H](O)[C@@H]1C(=O)N2C(C(=S)OCc3ccc([N+](=O)[O-])cc3)=C(CC(=O)c3ccccn3)S[C@H]12. The summed E-state index contributed by atoms with van der Waals surface area (Å²) in [6.45, 7) is 1.60. The van der Waals surface area contributed by atoms with Crippen LogP contribution in [0.25, 0.3) is 0 Å². The number of aromatic nitrogens is 1. The Bertz CT molecular complexity index is 1150. The van der Waals surface area contributed by atoms with Gasteiger partial charge >= 0.3 is 0 Å². The third-order valence-corrected chi connectivity index (χ3v) is 7.03. The molecule has 0 spiro atoms. The zero-order valence-corrected chi connectivity index (χ0v) is 19.0. The van der Waals surface area contributed by atoms with Crippen molar-refractivity contribution < 1.29 is 24.4 Å². The van der Waals surface area contributed by atoms with E-state index in [4.69, 9.17) is 17.0 Å². The lowest BCUT2D eigenvalue weighted by molar-refractivity contribution is -0.384. The third-order valence-electron chi connectivity index (χ3n) is 5.35. The molecule has 2 aliphatic heterocycles. The summed E-state index contributed by atoms with van der Waals surface area (Å²) in [4.78, 5) is 41.9.